The van der Waals surface area contributed by atoms with Gasteiger partial charge in [0.2, 0.25) is 0 Å². The van der Waals surface area contributed by atoms with Gasteiger partial charge in [0, 0.05) is 17.6 Å². The maximum absolute atomic E-state index is 13.2. The van der Waals surface area contributed by atoms with Gasteiger partial charge in [-0.3, -0.25) is 14.5 Å². The number of hydrogen-bond donors (Lipinski definition) is 1. The number of aliphatic hydroxyl groups excluding tert-OH is 1. The molecule has 3 aromatic rings. The normalized spacial score (nSPS) is 15.2. The van der Waals surface area contributed by atoms with E-state index >= 15 is 0 Å². The van der Waals surface area contributed by atoms with E-state index in [9.17, 15) is 9.90 Å². The topological polar surface area (TPSA) is 71.2 Å². The van der Waals surface area contributed by atoms with Crippen molar-refractivity contribution in [3.8, 4) is 0 Å². The van der Waals surface area contributed by atoms with Gasteiger partial charge in [0.05, 0.1) is 46.7 Å². The Morgan fingerprint density at radius 3 is 2.88 bits per heavy atom. The summed E-state index contributed by atoms with van der Waals surface area (Å²) in [5.74, 6) is -0.0474. The van der Waals surface area contributed by atoms with Gasteiger partial charge in [0.1, 0.15) is 0 Å². The average Bonchev–Trinajstić information content (AvgIpc) is 3.05. The zero-order valence-electron chi connectivity index (χ0n) is 14.6. The smallest absolute Gasteiger partial charge is 0.255 e. The third kappa shape index (κ3) is 2.85. The van der Waals surface area contributed by atoms with Crippen LogP contribution in [-0.4, -0.2) is 37.2 Å². The second kappa shape index (κ2) is 6.37. The second-order valence-corrected chi connectivity index (χ2v) is 7.04. The first-order chi connectivity index (χ1) is 12.4. The number of halogens is 1. The fraction of sp³-hybridized carbons (Fsp3) is 0.316. The summed E-state index contributed by atoms with van der Waals surface area (Å²) in [5, 5.41) is 15.4. The van der Waals surface area contributed by atoms with Crippen molar-refractivity contribution in [3.05, 3.63) is 58.0 Å². The molecule has 26 heavy (non-hydrogen) atoms. The molecule has 1 aliphatic rings. The first-order valence-electron chi connectivity index (χ1n) is 8.54. The van der Waals surface area contributed by atoms with Gasteiger partial charge >= 0.3 is 0 Å². The van der Waals surface area contributed by atoms with E-state index in [1.54, 1.807) is 17.9 Å². The Bertz CT molecular complexity index is 1010. The lowest BCUT2D eigenvalue weighted by atomic mass is 10.1. The van der Waals surface area contributed by atoms with Crippen LogP contribution < -0.4 is 0 Å². The third-order valence-corrected chi connectivity index (χ3v) is 4.99. The number of benzene rings is 1. The van der Waals surface area contributed by atoms with E-state index in [2.05, 4.69) is 10.1 Å². The first kappa shape index (κ1) is 17.0. The van der Waals surface area contributed by atoms with Crippen molar-refractivity contribution < 1.29 is 9.90 Å². The number of pyridine rings is 1. The molecule has 4 rings (SSSR count). The van der Waals surface area contributed by atoms with Crippen LogP contribution in [0.1, 0.15) is 40.5 Å². The summed E-state index contributed by atoms with van der Waals surface area (Å²) in [6, 6.07) is 9.16. The molecule has 6 nitrogen and oxygen atoms in total. The largest absolute Gasteiger partial charge is 0.387 e. The number of fused-ring (bicyclic) bond motifs is 2. The molecule has 1 atom stereocenters. The van der Waals surface area contributed by atoms with Gasteiger partial charge in [0.25, 0.3) is 5.91 Å². The van der Waals surface area contributed by atoms with Crippen LogP contribution >= 0.6 is 11.6 Å². The number of nitrogens with zero attached hydrogens (tertiary/aromatic N) is 4. The lowest BCUT2D eigenvalue weighted by Gasteiger charge is -2.28. The highest BCUT2D eigenvalue weighted by molar-refractivity contribution is 6.35. The quantitative estimate of drug-likeness (QED) is 0.752. The standard InChI is InChI=1S/C19H19ClN4O2/c1-11-8-15(14-4-3-5-16(20)18(14)21-11)19(26)23-6-7-24-13(10-23)9-17(22-24)12(2)25/h3-5,8-9,12,25H,6-7,10H2,1-2H3. The van der Waals surface area contributed by atoms with E-state index < -0.39 is 6.10 Å². The van der Waals surface area contributed by atoms with E-state index in [0.717, 1.165) is 16.8 Å². The Kier molecular flexibility index (Phi) is 4.17. The minimum Gasteiger partial charge on any atom is -0.387 e. The van der Waals surface area contributed by atoms with E-state index in [1.165, 1.54) is 0 Å². The van der Waals surface area contributed by atoms with Crippen molar-refractivity contribution in [1.82, 2.24) is 19.7 Å². The highest BCUT2D eigenvalue weighted by atomic mass is 35.5. The van der Waals surface area contributed by atoms with Crippen molar-refractivity contribution >= 4 is 28.4 Å². The molecule has 1 aliphatic heterocycles. The summed E-state index contributed by atoms with van der Waals surface area (Å²) >= 11 is 6.27. The van der Waals surface area contributed by atoms with Crippen molar-refractivity contribution in [1.29, 1.82) is 0 Å². The molecule has 0 bridgehead atoms. The summed E-state index contributed by atoms with van der Waals surface area (Å²) in [6.07, 6.45) is -0.619. The molecule has 1 aromatic carbocycles. The van der Waals surface area contributed by atoms with E-state index in [4.69, 9.17) is 11.6 Å². The fourth-order valence-electron chi connectivity index (χ4n) is 3.35. The van der Waals surface area contributed by atoms with Crippen LogP contribution in [0.5, 0.6) is 0 Å². The van der Waals surface area contributed by atoms with Crippen molar-refractivity contribution in [2.45, 2.75) is 33.0 Å². The van der Waals surface area contributed by atoms with Crippen LogP contribution in [0.4, 0.5) is 0 Å². The Balaban J connectivity index is 1.70. The highest BCUT2D eigenvalue weighted by Crippen LogP contribution is 2.27. The van der Waals surface area contributed by atoms with Gasteiger partial charge in [-0.05, 0) is 32.0 Å². The zero-order chi connectivity index (χ0) is 18.4. The summed E-state index contributed by atoms with van der Waals surface area (Å²) in [4.78, 5) is 19.5. The zero-order valence-corrected chi connectivity index (χ0v) is 15.4. The van der Waals surface area contributed by atoms with E-state index in [-0.39, 0.29) is 5.91 Å². The molecular weight excluding hydrogens is 352 g/mol. The first-order valence-corrected chi connectivity index (χ1v) is 8.91. The molecular formula is C19H19ClN4O2. The minimum atomic E-state index is -0.619. The molecule has 1 N–H and O–H groups in total. The molecule has 0 spiro atoms. The van der Waals surface area contributed by atoms with Gasteiger partial charge < -0.3 is 10.0 Å². The number of carbonyl (C=O) groups is 1. The Hall–Kier alpha value is -2.44. The molecule has 134 valence electrons. The number of aliphatic hydroxyl groups is 1. The van der Waals surface area contributed by atoms with Gasteiger partial charge in [-0.25, -0.2) is 0 Å². The number of carbonyl (C=O) groups excluding carboxylic acids is 1. The number of rotatable bonds is 2. The molecule has 1 unspecified atom stereocenters. The van der Waals surface area contributed by atoms with Crippen LogP contribution in [0.3, 0.4) is 0 Å². The summed E-state index contributed by atoms with van der Waals surface area (Å²) in [6.45, 7) is 5.18. The minimum absolute atomic E-state index is 0.0474. The van der Waals surface area contributed by atoms with Crippen molar-refractivity contribution in [2.75, 3.05) is 6.54 Å². The van der Waals surface area contributed by atoms with Gasteiger partial charge in [-0.15, -0.1) is 0 Å². The van der Waals surface area contributed by atoms with Gasteiger partial charge in [0.15, 0.2) is 0 Å². The SMILES string of the molecule is Cc1cc(C(=O)N2CCn3nc(C(C)O)cc3C2)c2cccc(Cl)c2n1. The van der Waals surface area contributed by atoms with Crippen LogP contribution in [-0.2, 0) is 13.1 Å². The molecule has 1 amide bonds. The number of amides is 1. The maximum atomic E-state index is 13.2. The van der Waals surface area contributed by atoms with Crippen molar-refractivity contribution in [2.24, 2.45) is 0 Å². The molecule has 3 heterocycles. The van der Waals surface area contributed by atoms with E-state index in [0.29, 0.717) is 41.4 Å². The average molecular weight is 371 g/mol. The summed E-state index contributed by atoms with van der Waals surface area (Å²) < 4.78 is 1.86. The molecule has 7 heteroatoms. The summed E-state index contributed by atoms with van der Waals surface area (Å²) in [7, 11) is 0. The second-order valence-electron chi connectivity index (χ2n) is 6.63. The van der Waals surface area contributed by atoms with Crippen LogP contribution in [0.25, 0.3) is 10.9 Å². The molecule has 0 saturated carbocycles. The Morgan fingerprint density at radius 1 is 1.31 bits per heavy atom. The number of hydrogen-bond acceptors (Lipinski definition) is 4. The predicted molar refractivity (Wildman–Crippen MR) is 99.1 cm³/mol. The van der Waals surface area contributed by atoms with Gasteiger partial charge in [-0.2, -0.15) is 5.10 Å². The van der Waals surface area contributed by atoms with Gasteiger partial charge in [-0.1, -0.05) is 23.7 Å². The number of para-hydroxylation sites is 1. The predicted octanol–water partition coefficient (Wildman–Crippen LogP) is 3.10. The Labute approximate surface area is 156 Å². The number of aromatic nitrogens is 3. The number of aryl methyl sites for hydroxylation is 1. The molecule has 0 radical (unpaired) electrons. The Morgan fingerprint density at radius 2 is 2.12 bits per heavy atom. The molecule has 0 saturated heterocycles. The third-order valence-electron chi connectivity index (χ3n) is 4.68. The lowest BCUT2D eigenvalue weighted by molar-refractivity contribution is 0.0707. The summed E-state index contributed by atoms with van der Waals surface area (Å²) in [5.41, 5.74) is 3.57. The molecule has 0 aliphatic carbocycles. The van der Waals surface area contributed by atoms with Crippen LogP contribution in [0.2, 0.25) is 5.02 Å². The van der Waals surface area contributed by atoms with Crippen molar-refractivity contribution in [3.63, 3.8) is 0 Å². The van der Waals surface area contributed by atoms with E-state index in [1.807, 2.05) is 35.9 Å². The molecule has 0 fully saturated rings. The van der Waals surface area contributed by atoms with Crippen LogP contribution in [0.15, 0.2) is 30.3 Å². The van der Waals surface area contributed by atoms with Crippen LogP contribution in [0, 0.1) is 6.92 Å². The maximum Gasteiger partial charge on any atom is 0.255 e. The highest BCUT2D eigenvalue weighted by Gasteiger charge is 2.25. The monoisotopic (exact) mass is 370 g/mol. The fourth-order valence-corrected chi connectivity index (χ4v) is 3.57. The lowest BCUT2D eigenvalue weighted by Crippen LogP contribution is -2.38. The molecule has 2 aromatic heterocycles.